The summed E-state index contributed by atoms with van der Waals surface area (Å²) in [5, 5.41) is 6.48. The van der Waals surface area contributed by atoms with E-state index in [9.17, 15) is 4.79 Å². The van der Waals surface area contributed by atoms with Crippen LogP contribution in [0.3, 0.4) is 0 Å². The van der Waals surface area contributed by atoms with Crippen molar-refractivity contribution in [2.75, 3.05) is 25.1 Å². The molecule has 0 radical (unpaired) electrons. The Morgan fingerprint density at radius 1 is 1.39 bits per heavy atom. The van der Waals surface area contributed by atoms with Crippen LogP contribution in [0.5, 0.6) is 0 Å². The summed E-state index contributed by atoms with van der Waals surface area (Å²) >= 11 is 0. The first-order valence-corrected chi connectivity index (χ1v) is 8.34. The number of hydrogen-bond acceptors (Lipinski definition) is 4. The molecule has 1 spiro atoms. The second-order valence-corrected chi connectivity index (χ2v) is 7.41. The highest BCUT2D eigenvalue weighted by Crippen LogP contribution is 2.38. The Morgan fingerprint density at radius 2 is 2.22 bits per heavy atom. The molecule has 126 valence electrons. The van der Waals surface area contributed by atoms with Crippen LogP contribution < -0.4 is 10.6 Å². The molecule has 1 aliphatic heterocycles. The monoisotopic (exact) mass is 318 g/mol. The zero-order chi connectivity index (χ0) is 16.5. The van der Waals surface area contributed by atoms with Gasteiger partial charge in [-0.3, -0.25) is 5.32 Å². The largest absolute Gasteiger partial charge is 0.444 e. The highest BCUT2D eigenvalue weighted by atomic mass is 16.6. The Bertz CT molecular complexity index is 586. The molecule has 1 fully saturated rings. The van der Waals surface area contributed by atoms with Crippen LogP contribution in [0.4, 0.5) is 10.5 Å². The van der Waals surface area contributed by atoms with E-state index in [2.05, 4.69) is 22.8 Å². The third-order valence-corrected chi connectivity index (χ3v) is 4.38. The first-order chi connectivity index (χ1) is 10.9. The average Bonchev–Trinajstić information content (AvgIpc) is 2.47. The van der Waals surface area contributed by atoms with E-state index in [0.717, 1.165) is 38.1 Å². The first-order valence-electron chi connectivity index (χ1n) is 8.34. The fourth-order valence-corrected chi connectivity index (χ4v) is 3.45. The van der Waals surface area contributed by atoms with Gasteiger partial charge in [0.25, 0.3) is 0 Å². The maximum absolute atomic E-state index is 12.0. The lowest BCUT2D eigenvalue weighted by molar-refractivity contribution is 0.0170. The van der Waals surface area contributed by atoms with Crippen LogP contribution in [0.2, 0.25) is 0 Å². The molecular weight excluding hydrogens is 292 g/mol. The molecule has 1 heterocycles. The minimum Gasteiger partial charge on any atom is -0.444 e. The molecule has 1 aliphatic carbocycles. The summed E-state index contributed by atoms with van der Waals surface area (Å²) in [6.07, 6.45) is 2.87. The number of ether oxygens (including phenoxy) is 2. The summed E-state index contributed by atoms with van der Waals surface area (Å²) in [6, 6.07) is 6.13. The third-order valence-electron chi connectivity index (χ3n) is 4.38. The predicted octanol–water partition coefficient (Wildman–Crippen LogP) is 3.19. The summed E-state index contributed by atoms with van der Waals surface area (Å²) in [4.78, 5) is 12.0. The molecular formula is C18H26N2O3. The Morgan fingerprint density at radius 3 is 2.91 bits per heavy atom. The van der Waals surface area contributed by atoms with Crippen molar-refractivity contribution in [3.05, 3.63) is 29.3 Å². The summed E-state index contributed by atoms with van der Waals surface area (Å²) < 4.78 is 11.1. The molecule has 23 heavy (non-hydrogen) atoms. The van der Waals surface area contributed by atoms with Crippen molar-refractivity contribution in [3.8, 4) is 0 Å². The number of anilines is 1. The quantitative estimate of drug-likeness (QED) is 0.835. The van der Waals surface area contributed by atoms with Gasteiger partial charge in [0.15, 0.2) is 0 Å². The summed E-state index contributed by atoms with van der Waals surface area (Å²) in [6.45, 7) is 7.89. The zero-order valence-corrected chi connectivity index (χ0v) is 14.2. The van der Waals surface area contributed by atoms with E-state index in [4.69, 9.17) is 9.47 Å². The van der Waals surface area contributed by atoms with Gasteiger partial charge in [-0.15, -0.1) is 0 Å². The molecule has 2 aliphatic rings. The number of benzene rings is 1. The normalized spacial score (nSPS) is 24.1. The van der Waals surface area contributed by atoms with Gasteiger partial charge in [0.1, 0.15) is 5.60 Å². The molecule has 0 unspecified atom stereocenters. The second kappa shape index (κ2) is 6.13. The van der Waals surface area contributed by atoms with Crippen LogP contribution in [0, 0.1) is 0 Å². The number of aryl methyl sites for hydroxylation is 1. The number of amides is 1. The lowest BCUT2D eigenvalue weighted by Gasteiger charge is -2.42. The van der Waals surface area contributed by atoms with Gasteiger partial charge in [0.05, 0.1) is 18.8 Å². The minimum absolute atomic E-state index is 0.114. The Balaban J connectivity index is 1.82. The average molecular weight is 318 g/mol. The van der Waals surface area contributed by atoms with E-state index >= 15 is 0 Å². The molecule has 3 rings (SSSR count). The lowest BCUT2D eigenvalue weighted by atomic mass is 9.76. The number of rotatable bonds is 1. The van der Waals surface area contributed by atoms with Gasteiger partial charge in [-0.1, -0.05) is 6.07 Å². The van der Waals surface area contributed by atoms with Gasteiger partial charge in [0.2, 0.25) is 0 Å². The molecule has 1 atom stereocenters. The maximum Gasteiger partial charge on any atom is 0.412 e. The van der Waals surface area contributed by atoms with Crippen molar-refractivity contribution in [2.45, 2.75) is 51.2 Å². The summed E-state index contributed by atoms with van der Waals surface area (Å²) in [5.74, 6) is 0. The predicted molar refractivity (Wildman–Crippen MR) is 89.7 cm³/mol. The van der Waals surface area contributed by atoms with Gasteiger partial charge in [-0.05, 0) is 63.3 Å². The van der Waals surface area contributed by atoms with Gasteiger partial charge < -0.3 is 14.8 Å². The molecule has 0 bridgehead atoms. The van der Waals surface area contributed by atoms with Gasteiger partial charge in [0, 0.05) is 12.2 Å². The fourth-order valence-electron chi connectivity index (χ4n) is 3.45. The topological polar surface area (TPSA) is 59.6 Å². The maximum atomic E-state index is 12.0. The van der Waals surface area contributed by atoms with Crippen molar-refractivity contribution in [1.82, 2.24) is 5.32 Å². The second-order valence-electron chi connectivity index (χ2n) is 7.41. The fraction of sp³-hybridized carbons (Fsp3) is 0.611. The van der Waals surface area contributed by atoms with E-state index in [0.29, 0.717) is 6.61 Å². The lowest BCUT2D eigenvalue weighted by Crippen LogP contribution is -2.53. The van der Waals surface area contributed by atoms with Crippen molar-refractivity contribution >= 4 is 11.8 Å². The molecule has 1 amide bonds. The molecule has 2 N–H and O–H groups in total. The Kier molecular flexibility index (Phi) is 4.34. The molecule has 1 aromatic rings. The number of carbonyl (C=O) groups is 1. The number of carbonyl (C=O) groups excluding carboxylic acids is 1. The zero-order valence-electron chi connectivity index (χ0n) is 14.2. The number of nitrogens with one attached hydrogen (secondary N) is 2. The van der Waals surface area contributed by atoms with Gasteiger partial charge in [-0.25, -0.2) is 4.79 Å². The van der Waals surface area contributed by atoms with Crippen LogP contribution >= 0.6 is 0 Å². The molecule has 0 aromatic heterocycles. The molecule has 1 aromatic carbocycles. The number of hydrogen-bond donors (Lipinski definition) is 2. The highest BCUT2D eigenvalue weighted by molar-refractivity contribution is 5.85. The summed E-state index contributed by atoms with van der Waals surface area (Å²) in [5.41, 5.74) is 2.74. The molecule has 0 saturated carbocycles. The van der Waals surface area contributed by atoms with E-state index < -0.39 is 11.7 Å². The van der Waals surface area contributed by atoms with Crippen molar-refractivity contribution in [2.24, 2.45) is 0 Å². The van der Waals surface area contributed by atoms with Crippen LogP contribution in [-0.2, 0) is 21.4 Å². The molecule has 5 nitrogen and oxygen atoms in total. The Labute approximate surface area is 137 Å². The van der Waals surface area contributed by atoms with Crippen molar-refractivity contribution < 1.29 is 14.3 Å². The van der Waals surface area contributed by atoms with Crippen LogP contribution in [0.25, 0.3) is 0 Å². The number of fused-ring (bicyclic) bond motifs is 2. The van der Waals surface area contributed by atoms with Gasteiger partial charge >= 0.3 is 6.09 Å². The van der Waals surface area contributed by atoms with Crippen LogP contribution in [0.15, 0.2) is 18.2 Å². The standard InChI is InChI=1S/C18H26N2O3/c1-17(2,3)23-16(21)20-14-7-6-13-5-4-8-18(15(13)11-14)12-22-10-9-19-18/h6-7,11,19H,4-5,8-10,12H2,1-3H3,(H,20,21)/t18-/m1/s1. The van der Waals surface area contributed by atoms with Crippen LogP contribution in [0.1, 0.15) is 44.7 Å². The number of morpholine rings is 1. The minimum atomic E-state index is -0.502. The third kappa shape index (κ3) is 3.67. The van der Waals surface area contributed by atoms with E-state index in [-0.39, 0.29) is 5.54 Å². The first kappa shape index (κ1) is 16.3. The Hall–Kier alpha value is -1.59. The highest BCUT2D eigenvalue weighted by Gasteiger charge is 2.38. The SMILES string of the molecule is CC(C)(C)OC(=O)Nc1ccc2c(c1)[C@@]1(CCC2)COCCN1. The smallest absolute Gasteiger partial charge is 0.412 e. The van der Waals surface area contributed by atoms with Crippen molar-refractivity contribution in [1.29, 1.82) is 0 Å². The van der Waals surface area contributed by atoms with Gasteiger partial charge in [-0.2, -0.15) is 0 Å². The van der Waals surface area contributed by atoms with Crippen molar-refractivity contribution in [3.63, 3.8) is 0 Å². The van der Waals surface area contributed by atoms with E-state index in [1.165, 1.54) is 11.1 Å². The summed E-state index contributed by atoms with van der Waals surface area (Å²) in [7, 11) is 0. The van der Waals surface area contributed by atoms with E-state index in [1.807, 2.05) is 26.8 Å². The van der Waals surface area contributed by atoms with E-state index in [1.54, 1.807) is 0 Å². The molecule has 5 heteroatoms. The molecule has 1 saturated heterocycles. The van der Waals surface area contributed by atoms with Crippen LogP contribution in [-0.4, -0.2) is 31.5 Å².